The first-order chi connectivity index (χ1) is 12.6. The zero-order chi connectivity index (χ0) is 18.3. The third kappa shape index (κ3) is 2.91. The van der Waals surface area contributed by atoms with Gasteiger partial charge in [-0.2, -0.15) is 5.26 Å². The second-order valence-electron chi connectivity index (χ2n) is 7.67. The molecule has 2 aromatic rings. The van der Waals surface area contributed by atoms with Crippen molar-refractivity contribution in [3.63, 3.8) is 0 Å². The Morgan fingerprint density at radius 1 is 1.12 bits per heavy atom. The maximum absolute atomic E-state index is 12.2. The summed E-state index contributed by atoms with van der Waals surface area (Å²) in [7, 11) is 4.03. The molecule has 1 aromatic carbocycles. The smallest absolute Gasteiger partial charge is 0.250 e. The maximum atomic E-state index is 12.2. The number of likely N-dealkylation sites (tertiary alicyclic amines) is 1. The van der Waals surface area contributed by atoms with Crippen molar-refractivity contribution in [3.05, 3.63) is 64.1 Å². The van der Waals surface area contributed by atoms with Crippen LogP contribution in [0.5, 0.6) is 0 Å². The van der Waals surface area contributed by atoms with Crippen LogP contribution < -0.4 is 10.5 Å². The van der Waals surface area contributed by atoms with Crippen molar-refractivity contribution in [2.24, 2.45) is 5.92 Å². The van der Waals surface area contributed by atoms with Gasteiger partial charge < -0.3 is 9.47 Å². The molecule has 0 saturated carbocycles. The van der Waals surface area contributed by atoms with Crippen molar-refractivity contribution < 1.29 is 0 Å². The predicted octanol–water partition coefficient (Wildman–Crippen LogP) is 2.60. The van der Waals surface area contributed by atoms with Gasteiger partial charge in [-0.25, -0.2) is 0 Å². The van der Waals surface area contributed by atoms with Crippen molar-refractivity contribution in [1.29, 1.82) is 5.26 Å². The highest BCUT2D eigenvalue weighted by molar-refractivity contribution is 5.47. The molecule has 1 aromatic heterocycles. The molecule has 4 rings (SSSR count). The Kier molecular flexibility index (Phi) is 4.29. The lowest BCUT2D eigenvalue weighted by atomic mass is 9.82. The number of aromatic nitrogens is 1. The number of hydrogen-bond donors (Lipinski definition) is 0. The van der Waals surface area contributed by atoms with Crippen LogP contribution in [0.1, 0.15) is 29.6 Å². The first-order valence-corrected chi connectivity index (χ1v) is 9.17. The zero-order valence-corrected chi connectivity index (χ0v) is 15.3. The summed E-state index contributed by atoms with van der Waals surface area (Å²) >= 11 is 0. The summed E-state index contributed by atoms with van der Waals surface area (Å²) in [5, 5.41) is 9.86. The average Bonchev–Trinajstić information content (AvgIpc) is 2.64. The molecule has 2 unspecified atom stereocenters. The Hall–Kier alpha value is -2.58. The monoisotopic (exact) mass is 348 g/mol. The highest BCUT2D eigenvalue weighted by atomic mass is 16.1. The van der Waals surface area contributed by atoms with Crippen LogP contribution in [0.4, 0.5) is 5.69 Å². The van der Waals surface area contributed by atoms with Gasteiger partial charge in [0, 0.05) is 57.1 Å². The van der Waals surface area contributed by atoms with Crippen LogP contribution in [0.25, 0.3) is 0 Å². The normalized spacial score (nSPS) is 23.0. The van der Waals surface area contributed by atoms with Gasteiger partial charge in [-0.05, 0) is 36.1 Å². The third-order valence-electron chi connectivity index (χ3n) is 5.72. The van der Waals surface area contributed by atoms with Crippen molar-refractivity contribution in [3.8, 4) is 6.07 Å². The molecule has 0 aliphatic carbocycles. The summed E-state index contributed by atoms with van der Waals surface area (Å²) in [6, 6.07) is 16.1. The second kappa shape index (κ2) is 6.62. The molecule has 0 spiro atoms. The molecule has 134 valence electrons. The van der Waals surface area contributed by atoms with Gasteiger partial charge in [0.25, 0.3) is 5.56 Å². The lowest BCUT2D eigenvalue weighted by molar-refractivity contribution is 0.100. The van der Waals surface area contributed by atoms with E-state index >= 15 is 0 Å². The number of nitrogens with zero attached hydrogens (tertiary/aromatic N) is 4. The van der Waals surface area contributed by atoms with E-state index in [1.807, 2.05) is 24.7 Å². The van der Waals surface area contributed by atoms with Crippen LogP contribution in [0.15, 0.2) is 47.3 Å². The number of fused-ring (bicyclic) bond motifs is 4. The van der Waals surface area contributed by atoms with E-state index < -0.39 is 0 Å². The average molecular weight is 348 g/mol. The van der Waals surface area contributed by atoms with E-state index in [-0.39, 0.29) is 11.6 Å². The maximum Gasteiger partial charge on any atom is 0.250 e. The highest BCUT2D eigenvalue weighted by Gasteiger charge is 2.37. The number of hydrogen-bond acceptors (Lipinski definition) is 4. The number of nitriles is 1. The van der Waals surface area contributed by atoms with Crippen LogP contribution in [0.2, 0.25) is 0 Å². The van der Waals surface area contributed by atoms with Crippen LogP contribution in [0, 0.1) is 17.2 Å². The van der Waals surface area contributed by atoms with Crippen LogP contribution >= 0.6 is 0 Å². The number of benzene rings is 1. The molecular weight excluding hydrogens is 324 g/mol. The molecule has 2 bridgehead atoms. The Morgan fingerprint density at radius 2 is 1.88 bits per heavy atom. The molecule has 5 nitrogen and oxygen atoms in total. The number of pyridine rings is 1. The zero-order valence-electron chi connectivity index (χ0n) is 15.3. The molecule has 3 heterocycles. The second-order valence-corrected chi connectivity index (χ2v) is 7.67. The van der Waals surface area contributed by atoms with E-state index in [0.717, 1.165) is 43.0 Å². The molecule has 3 atom stereocenters. The highest BCUT2D eigenvalue weighted by Crippen LogP contribution is 2.38. The summed E-state index contributed by atoms with van der Waals surface area (Å²) in [5.74, 6) is 0.756. The number of rotatable bonds is 3. The first-order valence-electron chi connectivity index (χ1n) is 9.17. The number of anilines is 1. The predicted molar refractivity (Wildman–Crippen MR) is 102 cm³/mol. The van der Waals surface area contributed by atoms with Gasteiger partial charge in [-0.15, -0.1) is 0 Å². The summed E-state index contributed by atoms with van der Waals surface area (Å²) in [4.78, 5) is 16.5. The molecule has 5 heteroatoms. The Bertz CT molecular complexity index is 893. The van der Waals surface area contributed by atoms with E-state index in [4.69, 9.17) is 0 Å². The summed E-state index contributed by atoms with van der Waals surface area (Å²) in [6.07, 6.45) is 1.11. The van der Waals surface area contributed by atoms with Crippen molar-refractivity contribution in [2.45, 2.75) is 24.9 Å². The van der Waals surface area contributed by atoms with Crippen molar-refractivity contribution in [1.82, 2.24) is 9.47 Å². The fraction of sp³-hybridized carbons (Fsp3) is 0.429. The van der Waals surface area contributed by atoms with E-state index in [9.17, 15) is 10.1 Å². The van der Waals surface area contributed by atoms with E-state index in [2.05, 4.69) is 46.2 Å². The fourth-order valence-corrected chi connectivity index (χ4v) is 4.47. The van der Waals surface area contributed by atoms with Crippen LogP contribution in [-0.4, -0.2) is 36.7 Å². The molecule has 2 aliphatic heterocycles. The van der Waals surface area contributed by atoms with E-state index in [1.54, 1.807) is 6.07 Å². The molecule has 2 aliphatic rings. The van der Waals surface area contributed by atoms with Crippen LogP contribution in [0.3, 0.4) is 0 Å². The van der Waals surface area contributed by atoms with E-state index in [0.29, 0.717) is 11.8 Å². The SMILES string of the molecule is CN(C)c1ccc(C(C#N)N2CC3C[C@H](C2)Cn2c3cccc2=O)cc1. The lowest BCUT2D eigenvalue weighted by Gasteiger charge is -2.44. The van der Waals surface area contributed by atoms with Gasteiger partial charge in [-0.1, -0.05) is 18.2 Å². The lowest BCUT2D eigenvalue weighted by Crippen LogP contribution is -2.47. The summed E-state index contributed by atoms with van der Waals surface area (Å²) < 4.78 is 1.93. The van der Waals surface area contributed by atoms with Gasteiger partial charge in [-0.3, -0.25) is 9.69 Å². The minimum atomic E-state index is -0.238. The van der Waals surface area contributed by atoms with Gasteiger partial charge in [0.2, 0.25) is 0 Å². The minimum absolute atomic E-state index is 0.0988. The van der Waals surface area contributed by atoms with E-state index in [1.165, 1.54) is 0 Å². The summed E-state index contributed by atoms with van der Waals surface area (Å²) in [5.41, 5.74) is 3.40. The van der Waals surface area contributed by atoms with Gasteiger partial charge >= 0.3 is 0 Å². The fourth-order valence-electron chi connectivity index (χ4n) is 4.47. The van der Waals surface area contributed by atoms with Crippen LogP contribution in [-0.2, 0) is 6.54 Å². The van der Waals surface area contributed by atoms with Gasteiger partial charge in [0.15, 0.2) is 0 Å². The first kappa shape index (κ1) is 16.9. The largest absolute Gasteiger partial charge is 0.378 e. The molecule has 1 fully saturated rings. The molecule has 0 N–H and O–H groups in total. The Balaban J connectivity index is 1.61. The standard InChI is InChI=1S/C21H24N4O/c1-23(2)18-8-6-16(7-9-18)20(11-22)24-12-15-10-17(14-24)19-4-3-5-21(26)25(19)13-15/h3-9,15,17,20H,10,12-14H2,1-2H3/t15-,17?,20?/m1/s1. The third-order valence-corrected chi connectivity index (χ3v) is 5.72. The quantitative estimate of drug-likeness (QED) is 0.856. The molecular formula is C21H24N4O. The molecule has 1 saturated heterocycles. The van der Waals surface area contributed by atoms with Crippen molar-refractivity contribution in [2.75, 3.05) is 32.1 Å². The summed E-state index contributed by atoms with van der Waals surface area (Å²) in [6.45, 7) is 2.46. The molecule has 26 heavy (non-hydrogen) atoms. The topological polar surface area (TPSA) is 52.3 Å². The Labute approximate surface area is 154 Å². The molecule has 0 radical (unpaired) electrons. The Morgan fingerprint density at radius 3 is 2.58 bits per heavy atom. The van der Waals surface area contributed by atoms with Crippen molar-refractivity contribution >= 4 is 5.69 Å². The number of piperidine rings is 1. The molecule has 0 amide bonds. The minimum Gasteiger partial charge on any atom is -0.378 e. The van der Waals surface area contributed by atoms with Gasteiger partial charge in [0.05, 0.1) is 6.07 Å². The van der Waals surface area contributed by atoms with Gasteiger partial charge in [0.1, 0.15) is 6.04 Å².